The number of aromatic nitrogens is 3. The molecule has 0 saturated heterocycles. The van der Waals surface area contributed by atoms with Crippen LogP contribution < -0.4 is 10.6 Å². The van der Waals surface area contributed by atoms with Gasteiger partial charge in [0.2, 0.25) is 0 Å². The van der Waals surface area contributed by atoms with Gasteiger partial charge in [-0.25, -0.2) is 4.99 Å². The SMILES string of the molecule is CCOCCCNC(=NCc1nnc(C)n1C)NCCCc1ccccc1. The lowest BCUT2D eigenvalue weighted by Crippen LogP contribution is -2.39. The number of rotatable bonds is 11. The van der Waals surface area contributed by atoms with Crippen molar-refractivity contribution in [2.45, 2.75) is 39.7 Å². The van der Waals surface area contributed by atoms with Gasteiger partial charge < -0.3 is 19.9 Å². The van der Waals surface area contributed by atoms with Crippen molar-refractivity contribution < 1.29 is 4.74 Å². The van der Waals surface area contributed by atoms with E-state index in [9.17, 15) is 0 Å². The summed E-state index contributed by atoms with van der Waals surface area (Å²) >= 11 is 0. The van der Waals surface area contributed by atoms with Crippen LogP contribution in [-0.2, 0) is 24.8 Å². The number of hydrogen-bond acceptors (Lipinski definition) is 4. The highest BCUT2D eigenvalue weighted by molar-refractivity contribution is 5.79. The van der Waals surface area contributed by atoms with Crippen LogP contribution >= 0.6 is 0 Å². The van der Waals surface area contributed by atoms with E-state index in [-0.39, 0.29) is 0 Å². The monoisotopic (exact) mass is 372 g/mol. The summed E-state index contributed by atoms with van der Waals surface area (Å²) in [5.41, 5.74) is 1.36. The molecule has 0 unspecified atom stereocenters. The van der Waals surface area contributed by atoms with E-state index in [4.69, 9.17) is 4.74 Å². The third-order valence-electron chi connectivity index (χ3n) is 4.30. The molecule has 0 atom stereocenters. The number of nitrogens with zero attached hydrogens (tertiary/aromatic N) is 4. The molecule has 2 aromatic rings. The van der Waals surface area contributed by atoms with Crippen LogP contribution in [0.25, 0.3) is 0 Å². The summed E-state index contributed by atoms with van der Waals surface area (Å²) in [4.78, 5) is 4.66. The number of guanidine groups is 1. The molecule has 0 aliphatic heterocycles. The lowest BCUT2D eigenvalue weighted by atomic mass is 10.1. The molecule has 0 saturated carbocycles. The van der Waals surface area contributed by atoms with Crippen LogP contribution in [0.15, 0.2) is 35.3 Å². The zero-order chi connectivity index (χ0) is 19.3. The first-order valence-electron chi connectivity index (χ1n) is 9.69. The van der Waals surface area contributed by atoms with E-state index in [1.807, 2.05) is 31.5 Å². The van der Waals surface area contributed by atoms with E-state index in [1.54, 1.807) is 0 Å². The molecule has 7 heteroatoms. The summed E-state index contributed by atoms with van der Waals surface area (Å²) < 4.78 is 7.35. The Labute approximate surface area is 162 Å². The van der Waals surface area contributed by atoms with Crippen LogP contribution in [0.3, 0.4) is 0 Å². The fourth-order valence-corrected chi connectivity index (χ4v) is 2.58. The van der Waals surface area contributed by atoms with Crippen molar-refractivity contribution in [3.63, 3.8) is 0 Å². The Balaban J connectivity index is 1.82. The minimum atomic E-state index is 0.497. The Morgan fingerprint density at radius 1 is 1.11 bits per heavy atom. The second-order valence-corrected chi connectivity index (χ2v) is 6.38. The average Bonchev–Trinajstić information content (AvgIpc) is 3.01. The van der Waals surface area contributed by atoms with Gasteiger partial charge in [-0.1, -0.05) is 30.3 Å². The van der Waals surface area contributed by atoms with Crippen molar-refractivity contribution in [1.29, 1.82) is 0 Å². The molecule has 0 spiro atoms. The predicted molar refractivity (Wildman–Crippen MR) is 109 cm³/mol. The van der Waals surface area contributed by atoms with Crippen LogP contribution in [0.5, 0.6) is 0 Å². The normalized spacial score (nSPS) is 11.6. The first-order valence-corrected chi connectivity index (χ1v) is 9.69. The van der Waals surface area contributed by atoms with Crippen LogP contribution in [0, 0.1) is 6.92 Å². The number of hydrogen-bond donors (Lipinski definition) is 2. The van der Waals surface area contributed by atoms with Gasteiger partial charge in [-0.15, -0.1) is 10.2 Å². The van der Waals surface area contributed by atoms with Gasteiger partial charge in [0, 0.05) is 33.4 Å². The van der Waals surface area contributed by atoms with E-state index >= 15 is 0 Å². The van der Waals surface area contributed by atoms with Crippen molar-refractivity contribution in [1.82, 2.24) is 25.4 Å². The van der Waals surface area contributed by atoms with E-state index in [0.29, 0.717) is 6.54 Å². The van der Waals surface area contributed by atoms with E-state index < -0.39 is 0 Å². The molecule has 0 radical (unpaired) electrons. The number of aryl methyl sites for hydroxylation is 2. The summed E-state index contributed by atoms with van der Waals surface area (Å²) in [6.07, 6.45) is 3.04. The fourth-order valence-electron chi connectivity index (χ4n) is 2.58. The molecule has 0 fully saturated rings. The number of aliphatic imine (C=N–C) groups is 1. The molecule has 1 heterocycles. The smallest absolute Gasteiger partial charge is 0.191 e. The maximum Gasteiger partial charge on any atom is 0.191 e. The molecule has 0 aliphatic carbocycles. The van der Waals surface area contributed by atoms with Crippen molar-refractivity contribution in [3.8, 4) is 0 Å². The highest BCUT2D eigenvalue weighted by atomic mass is 16.5. The topological polar surface area (TPSA) is 76.4 Å². The summed E-state index contributed by atoms with van der Waals surface area (Å²) in [6, 6.07) is 10.5. The first kappa shape index (κ1) is 20.9. The summed E-state index contributed by atoms with van der Waals surface area (Å²) in [5.74, 6) is 2.55. The van der Waals surface area contributed by atoms with Crippen molar-refractivity contribution in [3.05, 3.63) is 47.5 Å². The van der Waals surface area contributed by atoms with Crippen LogP contribution in [0.1, 0.15) is 37.0 Å². The minimum absolute atomic E-state index is 0.497. The number of ether oxygens (including phenoxy) is 1. The van der Waals surface area contributed by atoms with E-state index in [1.165, 1.54) is 5.56 Å². The zero-order valence-electron chi connectivity index (χ0n) is 16.7. The largest absolute Gasteiger partial charge is 0.382 e. The maximum absolute atomic E-state index is 5.39. The fraction of sp³-hybridized carbons (Fsp3) is 0.550. The summed E-state index contributed by atoms with van der Waals surface area (Å²) in [7, 11) is 1.96. The number of nitrogens with one attached hydrogen (secondary N) is 2. The van der Waals surface area contributed by atoms with Gasteiger partial charge in [0.15, 0.2) is 11.8 Å². The molecule has 0 amide bonds. The van der Waals surface area contributed by atoms with Gasteiger partial charge in [-0.05, 0) is 38.7 Å². The Hall–Kier alpha value is -2.41. The maximum atomic E-state index is 5.39. The van der Waals surface area contributed by atoms with Gasteiger partial charge >= 0.3 is 0 Å². The van der Waals surface area contributed by atoms with Gasteiger partial charge in [0.25, 0.3) is 0 Å². The molecule has 2 N–H and O–H groups in total. The molecule has 0 aliphatic rings. The molecule has 2 rings (SSSR count). The Morgan fingerprint density at radius 2 is 1.85 bits per heavy atom. The lowest BCUT2D eigenvalue weighted by Gasteiger charge is -2.13. The Bertz CT molecular complexity index is 683. The average molecular weight is 373 g/mol. The van der Waals surface area contributed by atoms with Crippen molar-refractivity contribution >= 4 is 5.96 Å². The standard InChI is InChI=1S/C20H32N6O/c1-4-27-15-9-14-22-20(23-16-19-25-24-17(2)26(19)3)21-13-8-12-18-10-6-5-7-11-18/h5-7,10-11H,4,8-9,12-16H2,1-3H3,(H2,21,22,23). The van der Waals surface area contributed by atoms with E-state index in [0.717, 1.165) is 63.2 Å². The molecule has 0 bridgehead atoms. The lowest BCUT2D eigenvalue weighted by molar-refractivity contribution is 0.145. The highest BCUT2D eigenvalue weighted by Gasteiger charge is 2.05. The predicted octanol–water partition coefficient (Wildman–Crippen LogP) is 2.22. The third kappa shape index (κ3) is 7.78. The molecule has 7 nitrogen and oxygen atoms in total. The van der Waals surface area contributed by atoms with Gasteiger partial charge in [-0.2, -0.15) is 0 Å². The molecular weight excluding hydrogens is 340 g/mol. The van der Waals surface area contributed by atoms with Crippen LogP contribution in [-0.4, -0.2) is 47.0 Å². The van der Waals surface area contributed by atoms with Crippen LogP contribution in [0.4, 0.5) is 0 Å². The minimum Gasteiger partial charge on any atom is -0.382 e. The van der Waals surface area contributed by atoms with Crippen molar-refractivity contribution in [2.75, 3.05) is 26.3 Å². The zero-order valence-corrected chi connectivity index (χ0v) is 16.7. The molecule has 1 aromatic heterocycles. The quantitative estimate of drug-likeness (QED) is 0.359. The molecule has 27 heavy (non-hydrogen) atoms. The first-order chi connectivity index (χ1) is 13.2. The second kappa shape index (κ2) is 12.1. The highest BCUT2D eigenvalue weighted by Crippen LogP contribution is 2.02. The summed E-state index contributed by atoms with van der Waals surface area (Å²) in [5, 5.41) is 15.1. The van der Waals surface area contributed by atoms with Gasteiger partial charge in [0.05, 0.1) is 0 Å². The number of benzene rings is 1. The van der Waals surface area contributed by atoms with Crippen molar-refractivity contribution in [2.24, 2.45) is 12.0 Å². The molecule has 1 aromatic carbocycles. The second-order valence-electron chi connectivity index (χ2n) is 6.38. The summed E-state index contributed by atoms with van der Waals surface area (Å²) in [6.45, 7) is 7.65. The Morgan fingerprint density at radius 3 is 2.52 bits per heavy atom. The van der Waals surface area contributed by atoms with E-state index in [2.05, 4.69) is 50.1 Å². The Kier molecular flexibility index (Phi) is 9.34. The third-order valence-corrected chi connectivity index (χ3v) is 4.30. The van der Waals surface area contributed by atoms with Gasteiger partial charge in [0.1, 0.15) is 12.4 Å². The molecule has 148 valence electrons. The van der Waals surface area contributed by atoms with Gasteiger partial charge in [-0.3, -0.25) is 0 Å². The molecular formula is C20H32N6O. The van der Waals surface area contributed by atoms with Crippen LogP contribution in [0.2, 0.25) is 0 Å².